The van der Waals surface area contributed by atoms with E-state index in [0.717, 1.165) is 44.5 Å². The van der Waals surface area contributed by atoms with Gasteiger partial charge in [0.2, 0.25) is 11.8 Å². The second kappa shape index (κ2) is 17.8. The van der Waals surface area contributed by atoms with Crippen molar-refractivity contribution in [1.29, 1.82) is 0 Å². The fourth-order valence-corrected chi connectivity index (χ4v) is 5.39. The molecule has 4 amide bonds. The van der Waals surface area contributed by atoms with Crippen LogP contribution in [0.15, 0.2) is 60.9 Å². The maximum Gasteiger partial charge on any atom is 0.274 e. The quantitative estimate of drug-likeness (QED) is 0.101. The summed E-state index contributed by atoms with van der Waals surface area (Å²) < 4.78 is 0. The Kier molecular flexibility index (Phi) is 13.3. The van der Waals surface area contributed by atoms with Gasteiger partial charge in [0, 0.05) is 76.9 Å². The maximum absolute atomic E-state index is 13.3. The summed E-state index contributed by atoms with van der Waals surface area (Å²) in [7, 11) is 0. The summed E-state index contributed by atoms with van der Waals surface area (Å²) in [4.78, 5) is 57.4. The summed E-state index contributed by atoms with van der Waals surface area (Å²) in [5.74, 6) is -0.763. The number of aryl methyl sites for hydroxylation is 2. The smallest absolute Gasteiger partial charge is 0.274 e. The number of anilines is 2. The lowest BCUT2D eigenvalue weighted by Gasteiger charge is -2.17. The van der Waals surface area contributed by atoms with Crippen molar-refractivity contribution in [2.75, 3.05) is 36.8 Å². The summed E-state index contributed by atoms with van der Waals surface area (Å²) in [6, 6.07) is 15.0. The van der Waals surface area contributed by atoms with Crippen LogP contribution in [0.2, 0.25) is 0 Å². The van der Waals surface area contributed by atoms with Crippen LogP contribution in [0, 0.1) is 27.7 Å². The van der Waals surface area contributed by atoms with E-state index < -0.39 is 0 Å². The predicted octanol–water partition coefficient (Wildman–Crippen LogP) is 4.33. The maximum atomic E-state index is 13.3. The fraction of sp³-hybridized carbons (Fsp3) is 0.316. The zero-order chi connectivity index (χ0) is 36.2. The lowest BCUT2D eigenvalue weighted by atomic mass is 9.94. The molecule has 2 aromatic carbocycles. The lowest BCUT2D eigenvalue weighted by Crippen LogP contribution is -2.30. The van der Waals surface area contributed by atoms with Gasteiger partial charge in [-0.15, -0.1) is 0 Å². The Morgan fingerprint density at radius 2 is 0.980 bits per heavy atom. The van der Waals surface area contributed by atoms with E-state index in [1.165, 1.54) is 13.8 Å². The van der Waals surface area contributed by atoms with Gasteiger partial charge in [0.1, 0.15) is 11.4 Å². The molecule has 0 atom stereocenters. The molecule has 50 heavy (non-hydrogen) atoms. The second-order valence-corrected chi connectivity index (χ2v) is 12.2. The first kappa shape index (κ1) is 37.4. The summed E-state index contributed by atoms with van der Waals surface area (Å²) in [6.45, 7) is 14.2. The number of amides is 4. The SMILES string of the molecule is CC(=O)NCCNCc1cnc(C(=O)Nc2cccc(-c3cccc(NC(=O)c4cc(C)c(CNCCNC(C)=O)cn4)c3C)c2C)cc1C. The molecule has 6 N–H and O–H groups in total. The molecule has 4 aromatic rings. The fourth-order valence-electron chi connectivity index (χ4n) is 5.39. The molecular weight excluding hydrogens is 632 g/mol. The monoisotopic (exact) mass is 678 g/mol. The van der Waals surface area contributed by atoms with Crippen molar-refractivity contribution in [2.45, 2.75) is 54.6 Å². The molecule has 0 spiro atoms. The number of carbonyl (C=O) groups is 4. The Labute approximate surface area is 293 Å². The summed E-state index contributed by atoms with van der Waals surface area (Å²) >= 11 is 0. The van der Waals surface area contributed by atoms with Gasteiger partial charge in [0.25, 0.3) is 11.8 Å². The minimum Gasteiger partial charge on any atom is -0.355 e. The van der Waals surface area contributed by atoms with Gasteiger partial charge in [0.05, 0.1) is 0 Å². The largest absolute Gasteiger partial charge is 0.355 e. The Balaban J connectivity index is 1.42. The molecule has 0 aliphatic carbocycles. The minimum absolute atomic E-state index is 0.0674. The van der Waals surface area contributed by atoms with Crippen LogP contribution in [0.5, 0.6) is 0 Å². The van der Waals surface area contributed by atoms with E-state index >= 15 is 0 Å². The van der Waals surface area contributed by atoms with E-state index in [-0.39, 0.29) is 23.6 Å². The van der Waals surface area contributed by atoms with Crippen LogP contribution in [0.25, 0.3) is 11.1 Å². The molecule has 4 rings (SSSR count). The summed E-state index contributed by atoms with van der Waals surface area (Å²) in [5, 5.41) is 18.1. The predicted molar refractivity (Wildman–Crippen MR) is 196 cm³/mol. The van der Waals surface area contributed by atoms with E-state index in [2.05, 4.69) is 41.9 Å². The molecule has 0 aliphatic rings. The van der Waals surface area contributed by atoms with Crippen molar-refractivity contribution < 1.29 is 19.2 Å². The van der Waals surface area contributed by atoms with Crippen LogP contribution in [-0.4, -0.2) is 59.8 Å². The van der Waals surface area contributed by atoms with Gasteiger partial charge in [0.15, 0.2) is 0 Å². The molecular formula is C38H46N8O4. The second-order valence-electron chi connectivity index (χ2n) is 12.2. The zero-order valence-electron chi connectivity index (χ0n) is 29.5. The third-order valence-corrected chi connectivity index (χ3v) is 8.34. The van der Waals surface area contributed by atoms with Gasteiger partial charge < -0.3 is 31.9 Å². The van der Waals surface area contributed by atoms with Gasteiger partial charge >= 0.3 is 0 Å². The van der Waals surface area contributed by atoms with Crippen molar-refractivity contribution >= 4 is 35.0 Å². The molecule has 0 unspecified atom stereocenters. The number of pyridine rings is 2. The Hall–Kier alpha value is -5.46. The van der Waals surface area contributed by atoms with Gasteiger partial charge in [-0.25, -0.2) is 0 Å². The molecule has 2 heterocycles. The zero-order valence-corrected chi connectivity index (χ0v) is 29.5. The van der Waals surface area contributed by atoms with Crippen molar-refractivity contribution in [3.8, 4) is 11.1 Å². The number of hydrogen-bond donors (Lipinski definition) is 6. The average Bonchev–Trinajstić information content (AvgIpc) is 3.07. The van der Waals surface area contributed by atoms with Crippen LogP contribution in [-0.2, 0) is 22.7 Å². The van der Waals surface area contributed by atoms with Crippen molar-refractivity contribution in [2.24, 2.45) is 0 Å². The number of nitrogens with one attached hydrogen (secondary N) is 6. The number of carbonyl (C=O) groups excluding carboxylic acids is 4. The van der Waals surface area contributed by atoms with Gasteiger partial charge in [-0.2, -0.15) is 0 Å². The lowest BCUT2D eigenvalue weighted by molar-refractivity contribution is -0.119. The third kappa shape index (κ3) is 10.3. The molecule has 0 bridgehead atoms. The number of hydrogen-bond acceptors (Lipinski definition) is 8. The molecule has 0 saturated heterocycles. The third-order valence-electron chi connectivity index (χ3n) is 8.34. The van der Waals surface area contributed by atoms with Crippen molar-refractivity contribution in [3.63, 3.8) is 0 Å². The van der Waals surface area contributed by atoms with Crippen LogP contribution in [0.3, 0.4) is 0 Å². The van der Waals surface area contributed by atoms with Crippen LogP contribution in [0.4, 0.5) is 11.4 Å². The Morgan fingerprint density at radius 1 is 0.580 bits per heavy atom. The standard InChI is InChI=1S/C38H46N8O4/c1-23-17-35(43-21-29(23)19-39-13-15-41-27(5)47)37(49)45-33-11-7-9-31(25(33)3)32-10-8-12-34(26(32)4)46-38(50)36-18-24(2)30(22-44-36)20-40-14-16-42-28(6)48/h7-12,17-18,21-22,39-40H,13-16,19-20H2,1-6H3,(H,41,47)(H,42,48)(H,45,49)(H,46,50). The average molecular weight is 679 g/mol. The highest BCUT2D eigenvalue weighted by Gasteiger charge is 2.17. The minimum atomic E-state index is -0.314. The number of aromatic nitrogens is 2. The Bertz CT molecular complexity index is 1740. The van der Waals surface area contributed by atoms with E-state index in [9.17, 15) is 19.2 Å². The Morgan fingerprint density at radius 3 is 1.34 bits per heavy atom. The van der Waals surface area contributed by atoms with Gasteiger partial charge in [-0.1, -0.05) is 24.3 Å². The van der Waals surface area contributed by atoms with E-state index in [4.69, 9.17) is 0 Å². The first-order valence-electron chi connectivity index (χ1n) is 16.6. The first-order chi connectivity index (χ1) is 23.9. The number of benzene rings is 2. The summed E-state index contributed by atoms with van der Waals surface area (Å²) in [6.07, 6.45) is 3.39. The van der Waals surface area contributed by atoms with E-state index in [0.29, 0.717) is 62.0 Å². The number of rotatable bonds is 15. The molecule has 0 saturated carbocycles. The van der Waals surface area contributed by atoms with Crippen molar-refractivity contribution in [3.05, 3.63) is 106 Å². The molecule has 2 aromatic heterocycles. The molecule has 0 aliphatic heterocycles. The van der Waals surface area contributed by atoms with Crippen LogP contribution < -0.4 is 31.9 Å². The van der Waals surface area contributed by atoms with Crippen LogP contribution >= 0.6 is 0 Å². The number of nitrogens with zero attached hydrogens (tertiary/aromatic N) is 2. The molecule has 0 fully saturated rings. The molecule has 0 radical (unpaired) electrons. The van der Waals surface area contributed by atoms with E-state index in [1.807, 2.05) is 64.1 Å². The van der Waals surface area contributed by atoms with E-state index in [1.54, 1.807) is 24.5 Å². The molecule has 12 heteroatoms. The topological polar surface area (TPSA) is 166 Å². The van der Waals surface area contributed by atoms with Crippen LogP contribution in [0.1, 0.15) is 68.2 Å². The van der Waals surface area contributed by atoms with Gasteiger partial charge in [-0.3, -0.25) is 29.1 Å². The molecule has 12 nitrogen and oxygen atoms in total. The summed E-state index contributed by atoms with van der Waals surface area (Å²) in [5.41, 5.74) is 9.35. The highest BCUT2D eigenvalue weighted by molar-refractivity contribution is 6.05. The first-order valence-corrected chi connectivity index (χ1v) is 16.6. The van der Waals surface area contributed by atoms with Gasteiger partial charge in [-0.05, 0) is 96.5 Å². The highest BCUT2D eigenvalue weighted by Crippen LogP contribution is 2.34. The normalized spacial score (nSPS) is 10.8. The molecule has 262 valence electrons. The van der Waals surface area contributed by atoms with Crippen molar-refractivity contribution in [1.82, 2.24) is 31.2 Å². The highest BCUT2D eigenvalue weighted by atomic mass is 16.2.